The van der Waals surface area contributed by atoms with Gasteiger partial charge in [0.25, 0.3) is 5.91 Å². The average Bonchev–Trinajstić information content (AvgIpc) is 3.27. The number of amides is 2. The molecule has 1 aliphatic rings. The molecular formula is C25H24N6O2. The Morgan fingerprint density at radius 1 is 1.06 bits per heavy atom. The van der Waals surface area contributed by atoms with Crippen LogP contribution in [0, 0.1) is 0 Å². The number of fused-ring (bicyclic) bond motifs is 1. The van der Waals surface area contributed by atoms with Crippen LogP contribution in [-0.4, -0.2) is 63.2 Å². The molecule has 0 spiro atoms. The van der Waals surface area contributed by atoms with Crippen molar-refractivity contribution >= 4 is 29.0 Å². The molecular weight excluding hydrogens is 416 g/mol. The van der Waals surface area contributed by atoms with E-state index < -0.39 is 0 Å². The van der Waals surface area contributed by atoms with Crippen molar-refractivity contribution in [1.29, 1.82) is 0 Å². The molecule has 1 fully saturated rings. The summed E-state index contributed by atoms with van der Waals surface area (Å²) in [4.78, 5) is 39.2. The average molecular weight is 441 g/mol. The highest BCUT2D eigenvalue weighted by Crippen LogP contribution is 2.28. The molecule has 1 saturated heterocycles. The van der Waals surface area contributed by atoms with Crippen molar-refractivity contribution in [3.05, 3.63) is 78.4 Å². The number of pyridine rings is 2. The number of aromatic nitrogens is 3. The molecule has 0 radical (unpaired) electrons. The van der Waals surface area contributed by atoms with Crippen molar-refractivity contribution in [1.82, 2.24) is 24.8 Å². The largest absolute Gasteiger partial charge is 0.344 e. The Balaban J connectivity index is 1.31. The summed E-state index contributed by atoms with van der Waals surface area (Å²) in [7, 11) is 0. The van der Waals surface area contributed by atoms with Gasteiger partial charge in [0.05, 0.1) is 11.3 Å². The Labute approximate surface area is 191 Å². The molecule has 3 aromatic heterocycles. The lowest BCUT2D eigenvalue weighted by Gasteiger charge is -2.32. The fourth-order valence-electron chi connectivity index (χ4n) is 4.04. The number of carbonyl (C=O) groups is 2. The number of hydrogen-bond donors (Lipinski definition) is 2. The predicted octanol–water partition coefficient (Wildman–Crippen LogP) is 3.15. The van der Waals surface area contributed by atoms with Gasteiger partial charge < -0.3 is 15.2 Å². The van der Waals surface area contributed by atoms with Gasteiger partial charge in [-0.25, -0.2) is 4.98 Å². The minimum atomic E-state index is -0.215. The molecule has 166 valence electrons. The number of rotatable bonds is 6. The normalized spacial score (nSPS) is 14.4. The van der Waals surface area contributed by atoms with Crippen molar-refractivity contribution in [2.75, 3.05) is 31.5 Å². The SMILES string of the molecule is O=CN1CCN(Cc2ccc(-c3cnc4[nH]cc(NC(=O)c5cccnc5)c4c3)cc2)CC1. The molecule has 0 aliphatic carbocycles. The van der Waals surface area contributed by atoms with Gasteiger partial charge in [0.15, 0.2) is 0 Å². The zero-order chi connectivity index (χ0) is 22.6. The van der Waals surface area contributed by atoms with Crippen LogP contribution in [0.2, 0.25) is 0 Å². The zero-order valence-corrected chi connectivity index (χ0v) is 18.1. The Hall–Kier alpha value is -4.04. The number of H-pyrrole nitrogens is 1. The maximum atomic E-state index is 12.5. The summed E-state index contributed by atoms with van der Waals surface area (Å²) in [6, 6.07) is 14.0. The molecule has 0 bridgehead atoms. The number of nitrogens with zero attached hydrogens (tertiary/aromatic N) is 4. The van der Waals surface area contributed by atoms with Crippen LogP contribution in [0.25, 0.3) is 22.2 Å². The fraction of sp³-hybridized carbons (Fsp3) is 0.200. The van der Waals surface area contributed by atoms with Crippen LogP contribution in [0.3, 0.4) is 0 Å². The maximum Gasteiger partial charge on any atom is 0.257 e. The van der Waals surface area contributed by atoms with E-state index in [1.54, 1.807) is 24.5 Å². The first-order valence-corrected chi connectivity index (χ1v) is 10.9. The molecule has 4 aromatic rings. The highest BCUT2D eigenvalue weighted by molar-refractivity contribution is 6.08. The summed E-state index contributed by atoms with van der Waals surface area (Å²) in [5.74, 6) is -0.215. The van der Waals surface area contributed by atoms with Crippen LogP contribution in [0.15, 0.2) is 67.3 Å². The van der Waals surface area contributed by atoms with Crippen molar-refractivity contribution in [2.24, 2.45) is 0 Å². The summed E-state index contributed by atoms with van der Waals surface area (Å²) in [5.41, 5.74) is 5.16. The summed E-state index contributed by atoms with van der Waals surface area (Å²) in [6.07, 6.45) is 7.69. The summed E-state index contributed by atoms with van der Waals surface area (Å²) >= 11 is 0. The van der Waals surface area contributed by atoms with Crippen LogP contribution in [-0.2, 0) is 11.3 Å². The standard InChI is InChI=1S/C25H24N6O2/c32-17-31-10-8-30(9-11-31)16-18-3-5-19(6-4-18)21-12-22-23(15-28-24(22)27-14-21)29-25(33)20-2-1-7-26-13-20/h1-7,12-15,17H,8-11,16H2,(H,27,28)(H,29,33). The van der Waals surface area contributed by atoms with E-state index in [9.17, 15) is 9.59 Å². The molecule has 0 saturated carbocycles. The van der Waals surface area contributed by atoms with Gasteiger partial charge in [-0.15, -0.1) is 0 Å². The zero-order valence-electron chi connectivity index (χ0n) is 18.1. The van der Waals surface area contributed by atoms with E-state index in [1.165, 1.54) is 11.8 Å². The summed E-state index contributed by atoms with van der Waals surface area (Å²) in [5, 5.41) is 3.79. The lowest BCUT2D eigenvalue weighted by molar-refractivity contribution is -0.119. The van der Waals surface area contributed by atoms with E-state index in [0.29, 0.717) is 16.9 Å². The molecule has 2 N–H and O–H groups in total. The van der Waals surface area contributed by atoms with Gasteiger partial charge in [-0.3, -0.25) is 19.5 Å². The lowest BCUT2D eigenvalue weighted by Crippen LogP contribution is -2.45. The van der Waals surface area contributed by atoms with Gasteiger partial charge >= 0.3 is 0 Å². The molecule has 4 heterocycles. The van der Waals surface area contributed by atoms with Gasteiger partial charge in [-0.05, 0) is 29.3 Å². The smallest absolute Gasteiger partial charge is 0.257 e. The molecule has 0 unspecified atom stereocenters. The van der Waals surface area contributed by atoms with Crippen LogP contribution in [0.1, 0.15) is 15.9 Å². The van der Waals surface area contributed by atoms with Crippen molar-refractivity contribution in [3.8, 4) is 11.1 Å². The topological polar surface area (TPSA) is 94.2 Å². The van der Waals surface area contributed by atoms with Crippen molar-refractivity contribution in [2.45, 2.75) is 6.54 Å². The van der Waals surface area contributed by atoms with Gasteiger partial charge in [0, 0.05) is 68.5 Å². The quantitative estimate of drug-likeness (QED) is 0.449. The van der Waals surface area contributed by atoms with Crippen LogP contribution < -0.4 is 5.32 Å². The van der Waals surface area contributed by atoms with E-state index in [2.05, 4.69) is 49.4 Å². The van der Waals surface area contributed by atoms with Gasteiger partial charge in [-0.1, -0.05) is 24.3 Å². The Morgan fingerprint density at radius 2 is 1.88 bits per heavy atom. The molecule has 33 heavy (non-hydrogen) atoms. The molecule has 1 aromatic carbocycles. The third-order valence-electron chi connectivity index (χ3n) is 5.95. The second-order valence-corrected chi connectivity index (χ2v) is 8.13. The van der Waals surface area contributed by atoms with Crippen molar-refractivity contribution < 1.29 is 9.59 Å². The van der Waals surface area contributed by atoms with Crippen LogP contribution in [0.4, 0.5) is 5.69 Å². The molecule has 5 rings (SSSR count). The Morgan fingerprint density at radius 3 is 2.61 bits per heavy atom. The molecule has 0 atom stereocenters. The number of hydrogen-bond acceptors (Lipinski definition) is 5. The van der Waals surface area contributed by atoms with E-state index in [4.69, 9.17) is 0 Å². The highest BCUT2D eigenvalue weighted by atomic mass is 16.1. The van der Waals surface area contributed by atoms with E-state index in [-0.39, 0.29) is 5.91 Å². The molecule has 1 aliphatic heterocycles. The summed E-state index contributed by atoms with van der Waals surface area (Å²) < 4.78 is 0. The Bertz CT molecular complexity index is 1260. The van der Waals surface area contributed by atoms with Gasteiger partial charge in [0.2, 0.25) is 6.41 Å². The minimum absolute atomic E-state index is 0.215. The molecule has 8 nitrogen and oxygen atoms in total. The van der Waals surface area contributed by atoms with Gasteiger partial charge in [-0.2, -0.15) is 0 Å². The number of anilines is 1. The third-order valence-corrected chi connectivity index (χ3v) is 5.95. The highest BCUT2D eigenvalue weighted by Gasteiger charge is 2.16. The molecule has 8 heteroatoms. The van der Waals surface area contributed by atoms with Gasteiger partial charge in [0.1, 0.15) is 5.65 Å². The second kappa shape index (κ2) is 9.22. The van der Waals surface area contributed by atoms with E-state index >= 15 is 0 Å². The number of piperazine rings is 1. The second-order valence-electron chi connectivity index (χ2n) is 8.13. The third kappa shape index (κ3) is 4.61. The first kappa shape index (κ1) is 20.8. The number of aromatic amines is 1. The minimum Gasteiger partial charge on any atom is -0.344 e. The molecule has 2 amide bonds. The lowest BCUT2D eigenvalue weighted by atomic mass is 10.0. The number of carbonyl (C=O) groups excluding carboxylic acids is 2. The van der Waals surface area contributed by atoms with Crippen LogP contribution >= 0.6 is 0 Å². The summed E-state index contributed by atoms with van der Waals surface area (Å²) in [6.45, 7) is 4.21. The monoisotopic (exact) mass is 440 g/mol. The van der Waals surface area contributed by atoms with Crippen molar-refractivity contribution in [3.63, 3.8) is 0 Å². The maximum absolute atomic E-state index is 12.5. The van der Waals surface area contributed by atoms with Crippen LogP contribution in [0.5, 0.6) is 0 Å². The van der Waals surface area contributed by atoms with E-state index in [1.807, 2.05) is 17.2 Å². The first-order chi connectivity index (χ1) is 16.2. The number of benzene rings is 1. The fourth-order valence-corrected chi connectivity index (χ4v) is 4.04. The first-order valence-electron chi connectivity index (χ1n) is 10.9. The predicted molar refractivity (Wildman–Crippen MR) is 127 cm³/mol. The van der Waals surface area contributed by atoms with E-state index in [0.717, 1.165) is 55.6 Å². The Kier molecular flexibility index (Phi) is 5.82. The number of nitrogens with one attached hydrogen (secondary N) is 2.